The number of hydrogen-bond donors (Lipinski definition) is 1. The molecule has 0 spiro atoms. The molecule has 0 aromatic heterocycles. The lowest BCUT2D eigenvalue weighted by molar-refractivity contribution is -0.116. The Balaban J connectivity index is 1.56. The number of amides is 1. The number of carbonyl (C=O) groups excluding carboxylic acids is 3. The summed E-state index contributed by atoms with van der Waals surface area (Å²) < 4.78 is 15.5. The van der Waals surface area contributed by atoms with E-state index in [9.17, 15) is 14.4 Å². The maximum atomic E-state index is 12.3. The fourth-order valence-electron chi connectivity index (χ4n) is 2.71. The maximum absolute atomic E-state index is 12.3. The third-order valence-corrected chi connectivity index (χ3v) is 4.36. The molecule has 0 unspecified atom stereocenters. The molecule has 152 valence electrons. The quantitative estimate of drug-likeness (QED) is 0.539. The molecule has 2 aromatic rings. The number of ether oxygens (including phenoxy) is 3. The molecule has 1 heterocycles. The van der Waals surface area contributed by atoms with Crippen molar-refractivity contribution < 1.29 is 28.6 Å². The molecule has 0 fully saturated rings. The van der Waals surface area contributed by atoms with Crippen LogP contribution in [0.1, 0.15) is 41.0 Å². The molecule has 2 aromatic carbocycles. The molecule has 0 bridgehead atoms. The molecular formula is C21H20ClNO6. The summed E-state index contributed by atoms with van der Waals surface area (Å²) in [6.45, 7) is 3.52. The van der Waals surface area contributed by atoms with Crippen LogP contribution in [-0.2, 0) is 9.53 Å². The van der Waals surface area contributed by atoms with Gasteiger partial charge in [0.1, 0.15) is 0 Å². The van der Waals surface area contributed by atoms with Crippen LogP contribution in [0, 0.1) is 5.92 Å². The second-order valence-electron chi connectivity index (χ2n) is 6.91. The van der Waals surface area contributed by atoms with Crippen LogP contribution in [0.2, 0.25) is 5.02 Å². The summed E-state index contributed by atoms with van der Waals surface area (Å²) in [6, 6.07) is 9.25. The molecule has 0 saturated carbocycles. The number of nitrogens with one attached hydrogen (secondary N) is 1. The summed E-state index contributed by atoms with van der Waals surface area (Å²) in [6.07, 6.45) is 0.417. The summed E-state index contributed by atoms with van der Waals surface area (Å²) in [7, 11) is 0. The average Bonchev–Trinajstić information content (AvgIpc) is 3.15. The number of fused-ring (bicyclic) bond motifs is 1. The van der Waals surface area contributed by atoms with E-state index in [1.807, 2.05) is 13.8 Å². The third kappa shape index (κ3) is 5.26. The van der Waals surface area contributed by atoms with Crippen LogP contribution < -0.4 is 14.8 Å². The topological polar surface area (TPSA) is 90.9 Å². The molecule has 1 N–H and O–H groups in total. The van der Waals surface area contributed by atoms with Crippen molar-refractivity contribution in [1.82, 2.24) is 0 Å². The van der Waals surface area contributed by atoms with Crippen molar-refractivity contribution in [2.45, 2.75) is 20.3 Å². The van der Waals surface area contributed by atoms with E-state index in [2.05, 4.69) is 5.32 Å². The summed E-state index contributed by atoms with van der Waals surface area (Å²) in [4.78, 5) is 36.3. The molecule has 8 heteroatoms. The number of hydrogen-bond acceptors (Lipinski definition) is 6. The first kappa shape index (κ1) is 20.7. The Bertz CT molecular complexity index is 939. The molecule has 29 heavy (non-hydrogen) atoms. The molecule has 0 aliphatic carbocycles. The van der Waals surface area contributed by atoms with E-state index in [-0.39, 0.29) is 35.0 Å². The minimum atomic E-state index is -0.698. The van der Waals surface area contributed by atoms with E-state index in [0.717, 1.165) is 0 Å². The summed E-state index contributed by atoms with van der Waals surface area (Å²) in [5.74, 6) is -0.173. The second-order valence-corrected chi connectivity index (χ2v) is 7.32. The maximum Gasteiger partial charge on any atom is 0.338 e. The van der Waals surface area contributed by atoms with E-state index in [1.54, 1.807) is 24.3 Å². The first-order valence-electron chi connectivity index (χ1n) is 9.03. The van der Waals surface area contributed by atoms with Crippen molar-refractivity contribution in [1.29, 1.82) is 0 Å². The van der Waals surface area contributed by atoms with Crippen molar-refractivity contribution in [3.63, 3.8) is 0 Å². The zero-order valence-corrected chi connectivity index (χ0v) is 16.7. The van der Waals surface area contributed by atoms with E-state index >= 15 is 0 Å². The number of carbonyl (C=O) groups is 3. The van der Waals surface area contributed by atoms with E-state index in [0.29, 0.717) is 29.2 Å². The predicted molar refractivity (Wildman–Crippen MR) is 107 cm³/mol. The number of ketones is 1. The van der Waals surface area contributed by atoms with Crippen molar-refractivity contribution in [3.05, 3.63) is 52.5 Å². The summed E-state index contributed by atoms with van der Waals surface area (Å²) in [5.41, 5.74) is 1.12. The van der Waals surface area contributed by atoms with Crippen LogP contribution in [-0.4, -0.2) is 31.1 Å². The monoisotopic (exact) mass is 417 g/mol. The van der Waals surface area contributed by atoms with Gasteiger partial charge in [-0.3, -0.25) is 9.59 Å². The molecule has 1 aliphatic rings. The van der Waals surface area contributed by atoms with Crippen molar-refractivity contribution in [3.8, 4) is 11.5 Å². The number of esters is 1. The lowest BCUT2D eigenvalue weighted by atomic mass is 10.1. The first-order valence-corrected chi connectivity index (χ1v) is 9.40. The molecule has 1 amide bonds. The molecule has 7 nitrogen and oxygen atoms in total. The Hall–Kier alpha value is -3.06. The normalized spacial score (nSPS) is 12.0. The van der Waals surface area contributed by atoms with Crippen molar-refractivity contribution >= 4 is 34.9 Å². The minimum absolute atomic E-state index is 0.0277. The highest BCUT2D eigenvalue weighted by Crippen LogP contribution is 2.39. The lowest BCUT2D eigenvalue weighted by Crippen LogP contribution is -2.15. The smallest absolute Gasteiger partial charge is 0.338 e. The van der Waals surface area contributed by atoms with Gasteiger partial charge in [-0.25, -0.2) is 4.79 Å². The average molecular weight is 418 g/mol. The molecule has 0 radical (unpaired) electrons. The van der Waals surface area contributed by atoms with Gasteiger partial charge in [0.15, 0.2) is 23.9 Å². The zero-order chi connectivity index (χ0) is 21.0. The van der Waals surface area contributed by atoms with Crippen LogP contribution in [0.4, 0.5) is 5.69 Å². The Morgan fingerprint density at radius 3 is 2.52 bits per heavy atom. The van der Waals surface area contributed by atoms with Gasteiger partial charge in [-0.05, 0) is 42.3 Å². The van der Waals surface area contributed by atoms with Gasteiger partial charge in [-0.1, -0.05) is 25.4 Å². The Labute approximate surface area is 172 Å². The molecule has 0 saturated heterocycles. The molecule has 3 rings (SSSR count). The van der Waals surface area contributed by atoms with Crippen LogP contribution in [0.5, 0.6) is 11.5 Å². The SMILES string of the molecule is CC(C)CC(=O)Nc1ccc(C(=O)COC(=O)c2cc(Cl)c3c(c2)OCO3)cc1. The van der Waals surface area contributed by atoms with E-state index in [4.69, 9.17) is 25.8 Å². The highest BCUT2D eigenvalue weighted by molar-refractivity contribution is 6.32. The van der Waals surface area contributed by atoms with Crippen LogP contribution in [0.3, 0.4) is 0 Å². The molecular weight excluding hydrogens is 398 g/mol. The number of halogens is 1. The van der Waals surface area contributed by atoms with Gasteiger partial charge in [0, 0.05) is 17.7 Å². The fourth-order valence-corrected chi connectivity index (χ4v) is 2.97. The Morgan fingerprint density at radius 1 is 1.10 bits per heavy atom. The highest BCUT2D eigenvalue weighted by atomic mass is 35.5. The number of benzene rings is 2. The fraction of sp³-hybridized carbons (Fsp3) is 0.286. The molecule has 0 atom stereocenters. The van der Waals surface area contributed by atoms with Crippen LogP contribution in [0.15, 0.2) is 36.4 Å². The number of rotatable bonds is 7. The zero-order valence-electron chi connectivity index (χ0n) is 16.0. The second kappa shape index (κ2) is 8.96. The Kier molecular flexibility index (Phi) is 6.39. The first-order chi connectivity index (χ1) is 13.8. The van der Waals surface area contributed by atoms with Crippen LogP contribution in [0.25, 0.3) is 0 Å². The summed E-state index contributed by atoms with van der Waals surface area (Å²) >= 11 is 6.05. The number of Topliss-reactive ketones (excluding diaryl/α,β-unsaturated/α-hetero) is 1. The van der Waals surface area contributed by atoms with E-state index < -0.39 is 12.6 Å². The third-order valence-electron chi connectivity index (χ3n) is 4.08. The molecule has 1 aliphatic heterocycles. The predicted octanol–water partition coefficient (Wildman–Crippen LogP) is 4.09. The summed E-state index contributed by atoms with van der Waals surface area (Å²) in [5, 5.41) is 3.00. The van der Waals surface area contributed by atoms with Gasteiger partial charge in [0.25, 0.3) is 0 Å². The van der Waals surface area contributed by atoms with Gasteiger partial charge in [0.05, 0.1) is 10.6 Å². The van der Waals surface area contributed by atoms with Crippen LogP contribution >= 0.6 is 11.6 Å². The minimum Gasteiger partial charge on any atom is -0.454 e. The van der Waals surface area contributed by atoms with Gasteiger partial charge in [-0.2, -0.15) is 0 Å². The lowest BCUT2D eigenvalue weighted by Gasteiger charge is -2.08. The number of anilines is 1. The largest absolute Gasteiger partial charge is 0.454 e. The van der Waals surface area contributed by atoms with Gasteiger partial charge >= 0.3 is 5.97 Å². The van der Waals surface area contributed by atoms with Crippen molar-refractivity contribution in [2.24, 2.45) is 5.92 Å². The standard InChI is InChI=1S/C21H20ClNO6/c1-12(2)7-19(25)23-15-5-3-13(4-6-15)17(24)10-27-21(26)14-8-16(22)20-18(9-14)28-11-29-20/h3-6,8-9,12H,7,10-11H2,1-2H3,(H,23,25). The van der Waals surface area contributed by atoms with Gasteiger partial charge in [0.2, 0.25) is 12.7 Å². The van der Waals surface area contributed by atoms with E-state index in [1.165, 1.54) is 12.1 Å². The van der Waals surface area contributed by atoms with Crippen molar-refractivity contribution in [2.75, 3.05) is 18.7 Å². The Morgan fingerprint density at radius 2 is 1.83 bits per heavy atom. The van der Waals surface area contributed by atoms with Gasteiger partial charge in [-0.15, -0.1) is 0 Å². The highest BCUT2D eigenvalue weighted by Gasteiger charge is 2.22. The van der Waals surface area contributed by atoms with Gasteiger partial charge < -0.3 is 19.5 Å².